The van der Waals surface area contributed by atoms with Crippen molar-refractivity contribution in [2.45, 2.75) is 26.2 Å². The number of hydrogen-bond acceptors (Lipinski definition) is 5. The normalized spacial score (nSPS) is 21.9. The first-order valence-electron chi connectivity index (χ1n) is 11.0. The molecule has 4 rings (SSSR count). The maximum Gasteiger partial charge on any atom is 0.273 e. The highest BCUT2D eigenvalue weighted by molar-refractivity contribution is 6.42. The van der Waals surface area contributed by atoms with Crippen molar-refractivity contribution in [1.82, 2.24) is 10.0 Å². The van der Waals surface area contributed by atoms with Crippen molar-refractivity contribution in [2.24, 2.45) is 17.8 Å². The van der Waals surface area contributed by atoms with E-state index in [1.54, 1.807) is 24.3 Å². The van der Waals surface area contributed by atoms with Gasteiger partial charge in [-0.25, -0.2) is 5.01 Å². The SMILES string of the molecule is COc1ccc(C(=O)CN(C(=O)c2ccc(Cl)c(Cl)c2)N2C(=O)[C@@H]3CC[C@@H](C)C[C@H]3C2=O)cc1. The first-order chi connectivity index (χ1) is 16.2. The van der Waals surface area contributed by atoms with Gasteiger partial charge in [-0.05, 0) is 67.6 Å². The molecule has 3 atom stereocenters. The van der Waals surface area contributed by atoms with Gasteiger partial charge in [0.1, 0.15) is 12.3 Å². The summed E-state index contributed by atoms with van der Waals surface area (Å²) in [4.78, 5) is 53.3. The van der Waals surface area contributed by atoms with E-state index in [1.165, 1.54) is 25.3 Å². The number of methoxy groups -OCH3 is 1. The fraction of sp³-hybridized carbons (Fsp3) is 0.360. The smallest absolute Gasteiger partial charge is 0.273 e. The Labute approximate surface area is 207 Å². The minimum Gasteiger partial charge on any atom is -0.497 e. The van der Waals surface area contributed by atoms with Crippen LogP contribution >= 0.6 is 23.2 Å². The summed E-state index contributed by atoms with van der Waals surface area (Å²) in [6.07, 6.45) is 1.99. The van der Waals surface area contributed by atoms with Crippen LogP contribution in [0.3, 0.4) is 0 Å². The van der Waals surface area contributed by atoms with Crippen LogP contribution in [0.4, 0.5) is 0 Å². The van der Waals surface area contributed by atoms with Gasteiger partial charge in [0.2, 0.25) is 0 Å². The molecular weight excluding hydrogens is 479 g/mol. The van der Waals surface area contributed by atoms with Crippen molar-refractivity contribution in [2.75, 3.05) is 13.7 Å². The molecule has 0 spiro atoms. The van der Waals surface area contributed by atoms with E-state index in [1.807, 2.05) is 6.92 Å². The van der Waals surface area contributed by atoms with Crippen LogP contribution in [-0.4, -0.2) is 47.2 Å². The molecule has 1 heterocycles. The van der Waals surface area contributed by atoms with Crippen LogP contribution in [0.15, 0.2) is 42.5 Å². The van der Waals surface area contributed by atoms with Gasteiger partial charge in [0.25, 0.3) is 17.7 Å². The van der Waals surface area contributed by atoms with E-state index in [2.05, 4.69) is 0 Å². The maximum absolute atomic E-state index is 13.5. The lowest BCUT2D eigenvalue weighted by Crippen LogP contribution is -2.52. The fourth-order valence-electron chi connectivity index (χ4n) is 4.63. The number of hydrazine groups is 1. The van der Waals surface area contributed by atoms with Gasteiger partial charge in [0.15, 0.2) is 5.78 Å². The number of fused-ring (bicyclic) bond motifs is 1. The summed E-state index contributed by atoms with van der Waals surface area (Å²) in [6.45, 7) is 1.56. The molecule has 1 aliphatic carbocycles. The van der Waals surface area contributed by atoms with Crippen LogP contribution in [0.5, 0.6) is 5.75 Å². The lowest BCUT2D eigenvalue weighted by atomic mass is 9.76. The minimum absolute atomic E-state index is 0.112. The lowest BCUT2D eigenvalue weighted by Gasteiger charge is -2.30. The molecule has 2 aromatic carbocycles. The van der Waals surface area contributed by atoms with Crippen LogP contribution in [0, 0.1) is 17.8 Å². The lowest BCUT2D eigenvalue weighted by molar-refractivity contribution is -0.154. The van der Waals surface area contributed by atoms with Crippen LogP contribution < -0.4 is 4.74 Å². The summed E-state index contributed by atoms with van der Waals surface area (Å²) in [6, 6.07) is 10.6. The van der Waals surface area contributed by atoms with Crippen LogP contribution in [0.2, 0.25) is 10.0 Å². The average Bonchev–Trinajstić information content (AvgIpc) is 3.07. The summed E-state index contributed by atoms with van der Waals surface area (Å²) in [5, 5.41) is 2.22. The van der Waals surface area contributed by atoms with E-state index in [0.717, 1.165) is 16.4 Å². The number of rotatable bonds is 6. The van der Waals surface area contributed by atoms with Gasteiger partial charge < -0.3 is 4.74 Å². The number of imide groups is 1. The van der Waals surface area contributed by atoms with Crippen molar-refractivity contribution in [3.63, 3.8) is 0 Å². The molecule has 9 heteroatoms. The number of halogens is 2. The first kappa shape index (κ1) is 24.2. The molecule has 1 saturated heterocycles. The fourth-order valence-corrected chi connectivity index (χ4v) is 4.92. The van der Waals surface area contributed by atoms with Crippen molar-refractivity contribution >= 4 is 46.7 Å². The topological polar surface area (TPSA) is 84.0 Å². The van der Waals surface area contributed by atoms with Crippen molar-refractivity contribution in [1.29, 1.82) is 0 Å². The number of ether oxygens (including phenoxy) is 1. The highest BCUT2D eigenvalue weighted by Crippen LogP contribution is 2.41. The summed E-state index contributed by atoms with van der Waals surface area (Å²) in [7, 11) is 1.51. The quantitative estimate of drug-likeness (QED) is 0.423. The van der Waals surface area contributed by atoms with Gasteiger partial charge in [-0.15, -0.1) is 0 Å². The third-order valence-electron chi connectivity index (χ3n) is 6.51. The second-order valence-corrected chi connectivity index (χ2v) is 9.58. The number of hydrogen-bond donors (Lipinski definition) is 0. The van der Waals surface area contributed by atoms with E-state index in [4.69, 9.17) is 27.9 Å². The van der Waals surface area contributed by atoms with E-state index < -0.39 is 41.9 Å². The minimum atomic E-state index is -0.686. The van der Waals surface area contributed by atoms with Crippen LogP contribution in [0.1, 0.15) is 46.9 Å². The maximum atomic E-state index is 13.5. The number of carbonyl (C=O) groups is 4. The van der Waals surface area contributed by atoms with Gasteiger partial charge in [0.05, 0.1) is 29.0 Å². The van der Waals surface area contributed by atoms with E-state index in [9.17, 15) is 19.2 Å². The zero-order valence-electron chi connectivity index (χ0n) is 18.8. The Bertz CT molecular complexity index is 1150. The van der Waals surface area contributed by atoms with Crippen molar-refractivity contribution in [3.8, 4) is 5.75 Å². The molecule has 0 bridgehead atoms. The molecular formula is C25H24Cl2N2O5. The molecule has 1 aliphatic heterocycles. The molecule has 7 nitrogen and oxygen atoms in total. The zero-order valence-corrected chi connectivity index (χ0v) is 20.3. The Balaban J connectivity index is 1.69. The third kappa shape index (κ3) is 4.55. The monoisotopic (exact) mass is 502 g/mol. The van der Waals surface area contributed by atoms with Crippen molar-refractivity contribution < 1.29 is 23.9 Å². The van der Waals surface area contributed by atoms with Crippen LogP contribution in [0.25, 0.3) is 0 Å². The molecule has 178 valence electrons. The Morgan fingerprint density at radius 1 is 0.971 bits per heavy atom. The number of ketones is 1. The zero-order chi connectivity index (χ0) is 24.6. The van der Waals surface area contributed by atoms with E-state index in [0.29, 0.717) is 30.1 Å². The molecule has 2 fully saturated rings. The van der Waals surface area contributed by atoms with Crippen LogP contribution in [-0.2, 0) is 9.59 Å². The molecule has 34 heavy (non-hydrogen) atoms. The number of amides is 3. The number of Topliss-reactive ketones (excluding diaryl/α,β-unsaturated/α-hetero) is 1. The van der Waals surface area contributed by atoms with Gasteiger partial charge in [0, 0.05) is 11.1 Å². The molecule has 1 saturated carbocycles. The second kappa shape index (κ2) is 9.76. The number of carbonyl (C=O) groups excluding carboxylic acids is 4. The highest BCUT2D eigenvalue weighted by Gasteiger charge is 2.52. The number of benzene rings is 2. The largest absolute Gasteiger partial charge is 0.497 e. The standard InChI is InChI=1S/C25H24Cl2N2O5/c1-14-3-9-18-19(11-14)25(33)29(24(18)32)28(23(31)16-6-10-20(26)21(27)12-16)13-22(30)15-4-7-17(34-2)8-5-15/h4-8,10,12,14,18-19H,3,9,11,13H2,1-2H3/t14-,18-,19-/m1/s1. The predicted molar refractivity (Wildman–Crippen MR) is 127 cm³/mol. The molecule has 0 radical (unpaired) electrons. The predicted octanol–water partition coefficient (Wildman–Crippen LogP) is 4.66. The van der Waals surface area contributed by atoms with E-state index >= 15 is 0 Å². The van der Waals surface area contributed by atoms with Gasteiger partial charge in [-0.3, -0.25) is 19.2 Å². The molecule has 2 aromatic rings. The molecule has 0 aromatic heterocycles. The van der Waals surface area contributed by atoms with E-state index in [-0.39, 0.29) is 15.6 Å². The van der Waals surface area contributed by atoms with Gasteiger partial charge in [-0.2, -0.15) is 5.01 Å². The Morgan fingerprint density at radius 3 is 2.26 bits per heavy atom. The summed E-state index contributed by atoms with van der Waals surface area (Å²) in [5.41, 5.74) is 0.429. The molecule has 3 amide bonds. The average molecular weight is 503 g/mol. The highest BCUT2D eigenvalue weighted by atomic mass is 35.5. The summed E-state index contributed by atoms with van der Waals surface area (Å²) in [5.74, 6) is -2.11. The third-order valence-corrected chi connectivity index (χ3v) is 7.25. The first-order valence-corrected chi connectivity index (χ1v) is 11.8. The Morgan fingerprint density at radius 2 is 1.62 bits per heavy atom. The second-order valence-electron chi connectivity index (χ2n) is 8.76. The Kier molecular flexibility index (Phi) is 6.96. The number of nitrogens with zero attached hydrogens (tertiary/aromatic N) is 2. The molecule has 0 unspecified atom stereocenters. The summed E-state index contributed by atoms with van der Waals surface area (Å²) >= 11 is 12.1. The Hall–Kier alpha value is -2.90. The molecule has 0 N–H and O–H groups in total. The van der Waals surface area contributed by atoms with Crippen molar-refractivity contribution in [3.05, 3.63) is 63.6 Å². The van der Waals surface area contributed by atoms with Gasteiger partial charge in [-0.1, -0.05) is 30.1 Å². The molecule has 2 aliphatic rings. The summed E-state index contributed by atoms with van der Waals surface area (Å²) < 4.78 is 5.12. The van der Waals surface area contributed by atoms with Gasteiger partial charge >= 0.3 is 0 Å².